The molecule has 2 aromatic carbocycles. The summed E-state index contributed by atoms with van der Waals surface area (Å²) in [7, 11) is 1.58. The number of carbonyl (C=O) groups is 2. The lowest BCUT2D eigenvalue weighted by Gasteiger charge is -2.24. The summed E-state index contributed by atoms with van der Waals surface area (Å²) in [5.74, 6) is -0.294. The number of carbonyl (C=O) groups excluding carboxylic acids is 2. The zero-order valence-corrected chi connectivity index (χ0v) is 16.3. The van der Waals surface area contributed by atoms with Gasteiger partial charge in [0, 0.05) is 0 Å². The van der Waals surface area contributed by atoms with Crippen LogP contribution >= 0.6 is 0 Å². The van der Waals surface area contributed by atoms with Gasteiger partial charge in [-0.1, -0.05) is 24.3 Å². The van der Waals surface area contributed by atoms with Crippen molar-refractivity contribution in [3.63, 3.8) is 0 Å². The Morgan fingerprint density at radius 1 is 0.929 bits per heavy atom. The Bertz CT molecular complexity index is 821. The van der Waals surface area contributed by atoms with Gasteiger partial charge in [-0.3, -0.25) is 14.4 Å². The summed E-state index contributed by atoms with van der Waals surface area (Å²) in [6.45, 7) is 5.46. The van der Waals surface area contributed by atoms with Gasteiger partial charge < -0.3 is 4.74 Å². The zero-order chi connectivity index (χ0) is 20.3. The Hall–Kier alpha value is -2.74. The maximum Gasteiger partial charge on any atom is 0.285 e. The van der Waals surface area contributed by atoms with E-state index in [1.54, 1.807) is 55.6 Å². The van der Waals surface area contributed by atoms with Crippen molar-refractivity contribution in [1.82, 2.24) is 5.06 Å². The first-order chi connectivity index (χ1) is 13.3. The number of amides is 2. The van der Waals surface area contributed by atoms with Gasteiger partial charge in [0.2, 0.25) is 0 Å². The number of imide groups is 1. The maximum atomic E-state index is 12.4. The minimum absolute atomic E-state index is 0.0894. The number of methoxy groups -OCH3 is 1. The Morgan fingerprint density at radius 2 is 1.50 bits per heavy atom. The first-order valence-corrected chi connectivity index (χ1v) is 8.89. The Kier molecular flexibility index (Phi) is 5.79. The highest BCUT2D eigenvalue weighted by Gasteiger charge is 2.37. The minimum Gasteiger partial charge on any atom is -0.497 e. The van der Waals surface area contributed by atoms with Crippen molar-refractivity contribution in [2.75, 3.05) is 13.7 Å². The number of ether oxygens (including phenoxy) is 1. The van der Waals surface area contributed by atoms with Crippen LogP contribution in [0.1, 0.15) is 53.2 Å². The molecule has 1 aliphatic rings. The van der Waals surface area contributed by atoms with Crippen LogP contribution in [0.15, 0.2) is 48.5 Å². The number of nitrogens with zero attached hydrogens (tertiary/aromatic N) is 1. The Balaban J connectivity index is 1.74. The molecule has 0 aromatic heterocycles. The second-order valence-corrected chi connectivity index (χ2v) is 7.30. The molecule has 3 rings (SSSR count). The van der Waals surface area contributed by atoms with Crippen LogP contribution in [0.4, 0.5) is 0 Å². The standard InChI is InChI=1S/C21H23NO6/c1-21(2,3)28-27-18(14-9-11-15(25-4)12-10-14)13-26-22-19(23)16-7-5-6-8-17(16)20(22)24/h5-12,18H,13H2,1-4H3. The fourth-order valence-corrected chi connectivity index (χ4v) is 2.63. The second kappa shape index (κ2) is 8.10. The molecule has 0 spiro atoms. The third-order valence-corrected chi connectivity index (χ3v) is 4.01. The molecule has 7 heteroatoms. The van der Waals surface area contributed by atoms with E-state index in [9.17, 15) is 9.59 Å². The summed E-state index contributed by atoms with van der Waals surface area (Å²) in [5, 5.41) is 0.766. The lowest BCUT2D eigenvalue weighted by molar-refractivity contribution is -0.383. The molecule has 7 nitrogen and oxygen atoms in total. The third kappa shape index (κ3) is 4.39. The minimum atomic E-state index is -0.658. The van der Waals surface area contributed by atoms with Crippen LogP contribution in [0.3, 0.4) is 0 Å². The highest BCUT2D eigenvalue weighted by molar-refractivity contribution is 6.20. The van der Waals surface area contributed by atoms with Crippen molar-refractivity contribution < 1.29 is 28.9 Å². The molecular formula is C21H23NO6. The van der Waals surface area contributed by atoms with Crippen molar-refractivity contribution in [3.05, 3.63) is 65.2 Å². The van der Waals surface area contributed by atoms with Gasteiger partial charge in [-0.15, -0.1) is 5.06 Å². The molecule has 0 fully saturated rings. The molecule has 1 unspecified atom stereocenters. The average molecular weight is 385 g/mol. The molecule has 2 aromatic rings. The molecular weight excluding hydrogens is 362 g/mol. The maximum absolute atomic E-state index is 12.4. The average Bonchev–Trinajstić information content (AvgIpc) is 2.92. The lowest BCUT2D eigenvalue weighted by atomic mass is 10.1. The molecule has 28 heavy (non-hydrogen) atoms. The fourth-order valence-electron chi connectivity index (χ4n) is 2.63. The van der Waals surface area contributed by atoms with E-state index < -0.39 is 23.5 Å². The van der Waals surface area contributed by atoms with Gasteiger partial charge >= 0.3 is 0 Å². The summed E-state index contributed by atoms with van der Waals surface area (Å²) >= 11 is 0. The zero-order valence-electron chi connectivity index (χ0n) is 16.3. The van der Waals surface area contributed by atoms with E-state index in [0.29, 0.717) is 16.9 Å². The third-order valence-electron chi connectivity index (χ3n) is 4.01. The molecule has 0 saturated carbocycles. The van der Waals surface area contributed by atoms with E-state index >= 15 is 0 Å². The summed E-state index contributed by atoms with van der Waals surface area (Å²) < 4.78 is 5.17. The van der Waals surface area contributed by atoms with Crippen LogP contribution in [0.25, 0.3) is 0 Å². The van der Waals surface area contributed by atoms with Gasteiger partial charge in [0.1, 0.15) is 18.5 Å². The van der Waals surface area contributed by atoms with Crippen molar-refractivity contribution in [1.29, 1.82) is 0 Å². The molecule has 1 atom stereocenters. The molecule has 1 heterocycles. The van der Waals surface area contributed by atoms with E-state index in [0.717, 1.165) is 10.6 Å². The number of hydrogen-bond donors (Lipinski definition) is 0. The SMILES string of the molecule is COc1ccc(C(CON2C(=O)c3ccccc3C2=O)OOC(C)(C)C)cc1. The Labute approximate surface area is 163 Å². The largest absolute Gasteiger partial charge is 0.497 e. The van der Waals surface area contributed by atoms with Crippen LogP contribution < -0.4 is 4.74 Å². The molecule has 0 bridgehead atoms. The molecule has 0 aliphatic carbocycles. The Morgan fingerprint density at radius 3 is 2.00 bits per heavy atom. The van der Waals surface area contributed by atoms with Crippen molar-refractivity contribution in [2.24, 2.45) is 0 Å². The van der Waals surface area contributed by atoms with Gasteiger partial charge in [-0.2, -0.15) is 0 Å². The molecule has 148 valence electrons. The van der Waals surface area contributed by atoms with Crippen LogP contribution in [0, 0.1) is 0 Å². The molecule has 0 saturated heterocycles. The van der Waals surface area contributed by atoms with Crippen LogP contribution in [-0.4, -0.2) is 36.2 Å². The smallest absolute Gasteiger partial charge is 0.285 e. The van der Waals surface area contributed by atoms with Crippen LogP contribution in [-0.2, 0) is 14.6 Å². The number of rotatable bonds is 7. The van der Waals surface area contributed by atoms with Gasteiger partial charge in [-0.25, -0.2) is 9.78 Å². The number of hydrogen-bond acceptors (Lipinski definition) is 6. The normalized spacial score (nSPS) is 14.9. The van der Waals surface area contributed by atoms with E-state index in [2.05, 4.69) is 0 Å². The van der Waals surface area contributed by atoms with Crippen LogP contribution in [0.5, 0.6) is 5.75 Å². The highest BCUT2D eigenvalue weighted by atomic mass is 17.2. The first kappa shape index (κ1) is 20.0. The number of hydroxylamine groups is 2. The highest BCUT2D eigenvalue weighted by Crippen LogP contribution is 2.27. The van der Waals surface area contributed by atoms with E-state index in [-0.39, 0.29) is 6.61 Å². The molecule has 1 aliphatic heterocycles. The van der Waals surface area contributed by atoms with Crippen molar-refractivity contribution in [2.45, 2.75) is 32.5 Å². The van der Waals surface area contributed by atoms with E-state index in [4.69, 9.17) is 19.3 Å². The summed E-state index contributed by atoms with van der Waals surface area (Å²) in [4.78, 5) is 41.4. The van der Waals surface area contributed by atoms with E-state index in [1.807, 2.05) is 20.8 Å². The monoisotopic (exact) mass is 385 g/mol. The van der Waals surface area contributed by atoms with Gasteiger partial charge in [0.05, 0.1) is 23.8 Å². The van der Waals surface area contributed by atoms with Crippen LogP contribution in [0.2, 0.25) is 0 Å². The lowest BCUT2D eigenvalue weighted by Crippen LogP contribution is -2.32. The van der Waals surface area contributed by atoms with E-state index in [1.165, 1.54) is 0 Å². The van der Waals surface area contributed by atoms with Gasteiger partial charge in [-0.05, 0) is 50.6 Å². The second-order valence-electron chi connectivity index (χ2n) is 7.30. The molecule has 0 N–H and O–H groups in total. The fraction of sp³-hybridized carbons (Fsp3) is 0.333. The topological polar surface area (TPSA) is 74.3 Å². The van der Waals surface area contributed by atoms with Gasteiger partial charge in [0.15, 0.2) is 0 Å². The predicted octanol–water partition coefficient (Wildman–Crippen LogP) is 3.71. The quantitative estimate of drug-likeness (QED) is 0.411. The first-order valence-electron chi connectivity index (χ1n) is 8.89. The summed E-state index contributed by atoms with van der Waals surface area (Å²) in [6, 6.07) is 13.8. The summed E-state index contributed by atoms with van der Waals surface area (Å²) in [6.07, 6.45) is -0.658. The predicted molar refractivity (Wildman–Crippen MR) is 101 cm³/mol. The van der Waals surface area contributed by atoms with Crippen molar-refractivity contribution in [3.8, 4) is 5.75 Å². The molecule has 2 amide bonds. The van der Waals surface area contributed by atoms with Gasteiger partial charge in [0.25, 0.3) is 11.8 Å². The molecule has 0 radical (unpaired) electrons. The summed E-state index contributed by atoms with van der Waals surface area (Å²) in [5.41, 5.74) is 0.850. The van der Waals surface area contributed by atoms with Crippen molar-refractivity contribution >= 4 is 11.8 Å². The number of benzene rings is 2. The number of fused-ring (bicyclic) bond motifs is 1.